The fraction of sp³-hybridized carbons (Fsp3) is 0.706. The average Bonchev–Trinajstić information content (AvgIpc) is 3.40. The Hall–Kier alpha value is -2.35. The molecule has 1 aliphatic carbocycles. The summed E-state index contributed by atoms with van der Waals surface area (Å²) in [6.07, 6.45) is 0.121. The SMILES string of the molecule is CC(C)(C)OC(=O)NC1(c2cc(OS(=O)(=O)C(F)(F)F)nc(N3CCOCC3)n2)CC1. The first kappa shape index (κ1) is 23.3. The van der Waals surface area contributed by atoms with Crippen molar-refractivity contribution in [2.24, 2.45) is 0 Å². The van der Waals surface area contributed by atoms with Crippen molar-refractivity contribution in [1.29, 1.82) is 0 Å². The smallest absolute Gasteiger partial charge is 0.444 e. The largest absolute Gasteiger partial charge is 0.534 e. The summed E-state index contributed by atoms with van der Waals surface area (Å²) < 4.78 is 76.1. The molecule has 2 aliphatic rings. The van der Waals surface area contributed by atoms with Crippen LogP contribution in [0.15, 0.2) is 6.07 Å². The highest BCUT2D eigenvalue weighted by Gasteiger charge is 2.51. The first-order valence-corrected chi connectivity index (χ1v) is 10.9. The summed E-state index contributed by atoms with van der Waals surface area (Å²) in [5, 5.41) is 2.67. The van der Waals surface area contributed by atoms with E-state index < -0.39 is 38.7 Å². The zero-order valence-corrected chi connectivity index (χ0v) is 18.0. The summed E-state index contributed by atoms with van der Waals surface area (Å²) in [4.78, 5) is 22.1. The molecule has 0 atom stereocenters. The van der Waals surface area contributed by atoms with E-state index in [0.717, 1.165) is 6.07 Å². The van der Waals surface area contributed by atoms with Crippen molar-refractivity contribution >= 4 is 22.2 Å². The van der Waals surface area contributed by atoms with Gasteiger partial charge in [-0.25, -0.2) is 9.78 Å². The lowest BCUT2D eigenvalue weighted by atomic mass is 10.1. The number of aromatic nitrogens is 2. The third-order valence-electron chi connectivity index (χ3n) is 4.44. The molecule has 1 saturated carbocycles. The standard InChI is InChI=1S/C17H23F3N4O6S/c1-15(2,3)29-14(25)23-16(4-5-16)11-10-12(30-31(26,27)17(18,19)20)22-13(21-11)24-6-8-28-9-7-24/h10H,4-9H2,1-3H3,(H,23,25). The third-order valence-corrected chi connectivity index (χ3v) is 5.40. The predicted molar refractivity (Wildman–Crippen MR) is 101 cm³/mol. The lowest BCUT2D eigenvalue weighted by molar-refractivity contribution is -0.0501. The van der Waals surface area contributed by atoms with Gasteiger partial charge in [0.05, 0.1) is 24.4 Å². The molecule has 1 aromatic heterocycles. The topological polar surface area (TPSA) is 120 Å². The van der Waals surface area contributed by atoms with Crippen LogP contribution in [-0.2, 0) is 25.1 Å². The minimum atomic E-state index is -5.93. The van der Waals surface area contributed by atoms with Crippen molar-refractivity contribution in [3.05, 3.63) is 11.8 Å². The van der Waals surface area contributed by atoms with Crippen LogP contribution in [0.5, 0.6) is 5.88 Å². The van der Waals surface area contributed by atoms with E-state index in [1.54, 1.807) is 25.7 Å². The van der Waals surface area contributed by atoms with Crippen molar-refractivity contribution in [3.63, 3.8) is 0 Å². The molecule has 1 N–H and O–H groups in total. The highest BCUT2D eigenvalue weighted by atomic mass is 32.2. The highest BCUT2D eigenvalue weighted by molar-refractivity contribution is 7.87. The molecule has 1 amide bonds. The van der Waals surface area contributed by atoms with E-state index in [0.29, 0.717) is 39.1 Å². The van der Waals surface area contributed by atoms with Crippen LogP contribution in [0.4, 0.5) is 23.9 Å². The summed E-state index contributed by atoms with van der Waals surface area (Å²) in [6.45, 7) is 6.42. The van der Waals surface area contributed by atoms with Crippen molar-refractivity contribution in [2.45, 2.75) is 50.3 Å². The third kappa shape index (κ3) is 5.67. The maximum Gasteiger partial charge on any atom is 0.534 e. The molecule has 1 aliphatic heterocycles. The lowest BCUT2D eigenvalue weighted by Crippen LogP contribution is -2.41. The highest BCUT2D eigenvalue weighted by Crippen LogP contribution is 2.46. The molecular formula is C17H23F3N4O6S. The molecule has 10 nitrogen and oxygen atoms in total. The molecule has 1 aromatic rings. The Bertz CT molecular complexity index is 938. The Morgan fingerprint density at radius 2 is 1.81 bits per heavy atom. The molecule has 2 heterocycles. The number of alkyl carbamates (subject to hydrolysis) is 1. The second kappa shape index (κ2) is 7.97. The number of morpholine rings is 1. The molecule has 1 saturated heterocycles. The Labute approximate surface area is 177 Å². The van der Waals surface area contributed by atoms with E-state index >= 15 is 0 Å². The monoisotopic (exact) mass is 468 g/mol. The molecule has 31 heavy (non-hydrogen) atoms. The summed E-state index contributed by atoms with van der Waals surface area (Å²) >= 11 is 0. The van der Waals surface area contributed by atoms with Gasteiger partial charge in [-0.3, -0.25) is 0 Å². The van der Waals surface area contributed by atoms with Gasteiger partial charge in [-0.2, -0.15) is 26.6 Å². The van der Waals surface area contributed by atoms with E-state index in [2.05, 4.69) is 19.5 Å². The van der Waals surface area contributed by atoms with Crippen molar-refractivity contribution in [1.82, 2.24) is 15.3 Å². The van der Waals surface area contributed by atoms with E-state index in [1.165, 1.54) is 0 Å². The van der Waals surface area contributed by atoms with Gasteiger partial charge in [-0.15, -0.1) is 0 Å². The van der Waals surface area contributed by atoms with Gasteiger partial charge in [-0.05, 0) is 33.6 Å². The number of rotatable bonds is 5. The number of halogens is 3. The summed E-state index contributed by atoms with van der Waals surface area (Å²) in [5.74, 6) is -0.813. The quantitative estimate of drug-likeness (QED) is 0.511. The fourth-order valence-electron chi connectivity index (χ4n) is 2.83. The number of hydrogen-bond donors (Lipinski definition) is 1. The zero-order valence-electron chi connectivity index (χ0n) is 17.2. The molecular weight excluding hydrogens is 445 g/mol. The molecule has 2 fully saturated rings. The molecule has 14 heteroatoms. The summed E-state index contributed by atoms with van der Waals surface area (Å²) in [7, 11) is -5.93. The van der Waals surface area contributed by atoms with Crippen molar-refractivity contribution in [3.8, 4) is 5.88 Å². The van der Waals surface area contributed by atoms with E-state index in [9.17, 15) is 26.4 Å². The zero-order chi connectivity index (χ0) is 23.1. The Morgan fingerprint density at radius 3 is 2.32 bits per heavy atom. The van der Waals surface area contributed by atoms with Gasteiger partial charge in [0, 0.05) is 19.2 Å². The molecule has 3 rings (SSSR count). The van der Waals surface area contributed by atoms with Crippen LogP contribution in [0.1, 0.15) is 39.3 Å². The molecule has 0 bridgehead atoms. The van der Waals surface area contributed by atoms with Crippen LogP contribution < -0.4 is 14.4 Å². The number of hydrogen-bond acceptors (Lipinski definition) is 9. The van der Waals surface area contributed by atoms with Gasteiger partial charge < -0.3 is 23.9 Å². The molecule has 0 aromatic carbocycles. The van der Waals surface area contributed by atoms with Crippen LogP contribution in [0.25, 0.3) is 0 Å². The number of carbonyl (C=O) groups excluding carboxylic acids is 1. The second-order valence-corrected chi connectivity index (χ2v) is 9.72. The van der Waals surface area contributed by atoms with Gasteiger partial charge in [-0.1, -0.05) is 0 Å². The molecule has 0 unspecified atom stereocenters. The Balaban J connectivity index is 1.94. The Morgan fingerprint density at radius 1 is 1.19 bits per heavy atom. The van der Waals surface area contributed by atoms with Crippen LogP contribution in [0.2, 0.25) is 0 Å². The molecule has 174 valence electrons. The maximum atomic E-state index is 12.8. The summed E-state index contributed by atoms with van der Waals surface area (Å²) in [6, 6.07) is 0.984. The van der Waals surface area contributed by atoms with Crippen LogP contribution >= 0.6 is 0 Å². The average molecular weight is 468 g/mol. The van der Waals surface area contributed by atoms with Gasteiger partial charge in [0.1, 0.15) is 5.60 Å². The van der Waals surface area contributed by atoms with E-state index in [1.807, 2.05) is 0 Å². The van der Waals surface area contributed by atoms with Gasteiger partial charge in [0.2, 0.25) is 11.8 Å². The predicted octanol–water partition coefficient (Wildman–Crippen LogP) is 2.06. The van der Waals surface area contributed by atoms with Gasteiger partial charge in [0.25, 0.3) is 0 Å². The first-order chi connectivity index (χ1) is 14.2. The number of nitrogens with zero attached hydrogens (tertiary/aromatic N) is 3. The first-order valence-electron chi connectivity index (χ1n) is 9.45. The second-order valence-electron chi connectivity index (χ2n) is 8.18. The maximum absolute atomic E-state index is 12.8. The number of alkyl halides is 3. The number of amides is 1. The number of ether oxygens (including phenoxy) is 2. The Kier molecular flexibility index (Phi) is 5.99. The minimum absolute atomic E-state index is 0.0227. The van der Waals surface area contributed by atoms with Gasteiger partial charge >= 0.3 is 21.7 Å². The van der Waals surface area contributed by atoms with Crippen molar-refractivity contribution < 1.29 is 40.0 Å². The van der Waals surface area contributed by atoms with Crippen molar-refractivity contribution in [2.75, 3.05) is 31.2 Å². The van der Waals surface area contributed by atoms with E-state index in [4.69, 9.17) is 9.47 Å². The number of nitrogens with one attached hydrogen (secondary N) is 1. The number of carbonyl (C=O) groups is 1. The minimum Gasteiger partial charge on any atom is -0.444 e. The van der Waals surface area contributed by atoms with Gasteiger partial charge in [0.15, 0.2) is 0 Å². The molecule has 0 spiro atoms. The summed E-state index contributed by atoms with van der Waals surface area (Å²) in [5.41, 5.74) is -7.28. The fourth-order valence-corrected chi connectivity index (χ4v) is 3.24. The lowest BCUT2D eigenvalue weighted by Gasteiger charge is -2.28. The van der Waals surface area contributed by atoms with E-state index in [-0.39, 0.29) is 11.6 Å². The van der Waals surface area contributed by atoms with Crippen LogP contribution in [-0.4, -0.2) is 61.9 Å². The number of anilines is 1. The molecule has 0 radical (unpaired) electrons. The van der Waals surface area contributed by atoms with Crippen LogP contribution in [0, 0.1) is 0 Å². The normalized spacial score (nSPS) is 19.0. The van der Waals surface area contributed by atoms with Crippen LogP contribution in [0.3, 0.4) is 0 Å².